The van der Waals surface area contributed by atoms with Crippen LogP contribution in [0.15, 0.2) is 42.6 Å². The lowest BCUT2D eigenvalue weighted by Crippen LogP contribution is -2.28. The Morgan fingerprint density at radius 1 is 1.29 bits per heavy atom. The van der Waals surface area contributed by atoms with Crippen LogP contribution in [0, 0.1) is 5.92 Å². The lowest BCUT2D eigenvalue weighted by molar-refractivity contribution is -0.122. The third-order valence-electron chi connectivity index (χ3n) is 4.37. The van der Waals surface area contributed by atoms with Crippen LogP contribution in [-0.4, -0.2) is 24.5 Å². The minimum Gasteiger partial charge on any atom is -0.497 e. The number of nitrogens with one attached hydrogen (secondary N) is 2. The van der Waals surface area contributed by atoms with Crippen molar-refractivity contribution in [3.8, 4) is 5.75 Å². The van der Waals surface area contributed by atoms with E-state index in [0.717, 1.165) is 43.7 Å². The van der Waals surface area contributed by atoms with E-state index in [1.165, 1.54) is 5.56 Å². The van der Waals surface area contributed by atoms with Crippen molar-refractivity contribution in [1.29, 1.82) is 0 Å². The number of amides is 1. The van der Waals surface area contributed by atoms with Crippen LogP contribution >= 0.6 is 0 Å². The smallest absolute Gasteiger partial charge is 0.228 e. The van der Waals surface area contributed by atoms with Crippen molar-refractivity contribution < 1.29 is 9.53 Å². The van der Waals surface area contributed by atoms with Gasteiger partial charge in [-0.15, -0.1) is 0 Å². The van der Waals surface area contributed by atoms with E-state index in [-0.39, 0.29) is 11.8 Å². The Morgan fingerprint density at radius 2 is 2.17 bits per heavy atom. The molecule has 0 spiro atoms. The lowest BCUT2D eigenvalue weighted by Gasteiger charge is -2.23. The number of methoxy groups -OCH3 is 1. The molecule has 0 unspecified atom stereocenters. The van der Waals surface area contributed by atoms with Gasteiger partial charge in [-0.05, 0) is 49.1 Å². The van der Waals surface area contributed by atoms with Crippen LogP contribution in [0.5, 0.6) is 5.75 Å². The van der Waals surface area contributed by atoms with Gasteiger partial charge in [-0.1, -0.05) is 18.6 Å². The molecule has 3 rings (SSSR count). The van der Waals surface area contributed by atoms with Crippen LogP contribution in [0.1, 0.15) is 24.8 Å². The Hall–Kier alpha value is -2.56. The van der Waals surface area contributed by atoms with Crippen molar-refractivity contribution in [1.82, 2.24) is 4.98 Å². The van der Waals surface area contributed by atoms with Gasteiger partial charge in [-0.3, -0.25) is 4.79 Å². The number of nitrogens with zero attached hydrogens (tertiary/aromatic N) is 1. The van der Waals surface area contributed by atoms with E-state index in [2.05, 4.69) is 21.7 Å². The maximum absolute atomic E-state index is 11.9. The number of anilines is 2. The van der Waals surface area contributed by atoms with E-state index in [0.29, 0.717) is 5.82 Å². The van der Waals surface area contributed by atoms with Crippen LogP contribution in [0.4, 0.5) is 11.5 Å². The van der Waals surface area contributed by atoms with E-state index < -0.39 is 0 Å². The molecule has 2 aromatic rings. The SMILES string of the molecule is COc1cccc(CCNc2ccc(NC(=O)C3CCC3)nc2)c1. The molecule has 0 bridgehead atoms. The molecule has 5 heteroatoms. The van der Waals surface area contributed by atoms with E-state index in [1.54, 1.807) is 13.3 Å². The molecule has 1 amide bonds. The van der Waals surface area contributed by atoms with Gasteiger partial charge in [0.05, 0.1) is 19.0 Å². The fourth-order valence-electron chi connectivity index (χ4n) is 2.65. The third-order valence-corrected chi connectivity index (χ3v) is 4.37. The van der Waals surface area contributed by atoms with Gasteiger partial charge in [-0.25, -0.2) is 4.98 Å². The molecule has 0 aliphatic heterocycles. The highest BCUT2D eigenvalue weighted by Gasteiger charge is 2.25. The Labute approximate surface area is 142 Å². The van der Waals surface area contributed by atoms with Crippen molar-refractivity contribution in [2.45, 2.75) is 25.7 Å². The number of rotatable bonds is 7. The summed E-state index contributed by atoms with van der Waals surface area (Å²) in [5.41, 5.74) is 2.17. The molecule has 1 aromatic carbocycles. The molecule has 1 aliphatic rings. The van der Waals surface area contributed by atoms with Crippen LogP contribution < -0.4 is 15.4 Å². The predicted molar refractivity (Wildman–Crippen MR) is 95.4 cm³/mol. The fraction of sp³-hybridized carbons (Fsp3) is 0.368. The Bertz CT molecular complexity index is 681. The number of ether oxygens (including phenoxy) is 1. The number of aromatic nitrogens is 1. The first kappa shape index (κ1) is 16.3. The standard InChI is InChI=1S/C19H23N3O2/c1-24-17-7-2-4-14(12-17)10-11-20-16-8-9-18(21-13-16)22-19(23)15-5-3-6-15/h2,4,7-9,12-13,15,20H,3,5-6,10-11H2,1H3,(H,21,22,23). The van der Waals surface area contributed by atoms with Gasteiger partial charge in [0.25, 0.3) is 0 Å². The summed E-state index contributed by atoms with van der Waals surface area (Å²) in [6.07, 6.45) is 5.80. The first-order valence-electron chi connectivity index (χ1n) is 8.38. The van der Waals surface area contributed by atoms with Crippen LogP contribution in [0.25, 0.3) is 0 Å². The van der Waals surface area contributed by atoms with E-state index in [4.69, 9.17) is 4.74 Å². The van der Waals surface area contributed by atoms with E-state index in [9.17, 15) is 4.79 Å². The average Bonchev–Trinajstić information content (AvgIpc) is 2.55. The summed E-state index contributed by atoms with van der Waals surface area (Å²) in [7, 11) is 1.67. The highest BCUT2D eigenvalue weighted by atomic mass is 16.5. The number of hydrogen-bond donors (Lipinski definition) is 2. The quantitative estimate of drug-likeness (QED) is 0.818. The summed E-state index contributed by atoms with van der Waals surface area (Å²) in [6, 6.07) is 11.8. The normalized spacial score (nSPS) is 13.9. The Kier molecular flexibility index (Phi) is 5.31. The molecule has 1 aliphatic carbocycles. The van der Waals surface area contributed by atoms with Crippen molar-refractivity contribution in [3.05, 3.63) is 48.2 Å². The van der Waals surface area contributed by atoms with Crippen molar-refractivity contribution in [2.24, 2.45) is 5.92 Å². The molecular weight excluding hydrogens is 302 g/mol. The fourth-order valence-corrected chi connectivity index (χ4v) is 2.65. The van der Waals surface area contributed by atoms with Crippen molar-refractivity contribution in [2.75, 3.05) is 24.3 Å². The molecule has 5 nitrogen and oxygen atoms in total. The molecule has 0 saturated heterocycles. The summed E-state index contributed by atoms with van der Waals surface area (Å²) >= 11 is 0. The average molecular weight is 325 g/mol. The largest absolute Gasteiger partial charge is 0.497 e. The monoisotopic (exact) mass is 325 g/mol. The molecule has 0 radical (unpaired) electrons. The van der Waals surface area contributed by atoms with Crippen LogP contribution in [0.2, 0.25) is 0 Å². The predicted octanol–water partition coefficient (Wildman–Crippen LogP) is 3.48. The number of carbonyl (C=O) groups is 1. The lowest BCUT2D eigenvalue weighted by atomic mass is 9.85. The molecule has 126 valence electrons. The molecule has 24 heavy (non-hydrogen) atoms. The molecule has 1 aromatic heterocycles. The van der Waals surface area contributed by atoms with Crippen LogP contribution in [0.3, 0.4) is 0 Å². The molecule has 1 saturated carbocycles. The summed E-state index contributed by atoms with van der Waals surface area (Å²) < 4.78 is 5.23. The zero-order chi connectivity index (χ0) is 16.8. The Balaban J connectivity index is 1.46. The molecular formula is C19H23N3O2. The molecule has 1 fully saturated rings. The number of benzene rings is 1. The minimum absolute atomic E-state index is 0.0903. The maximum atomic E-state index is 11.9. The van der Waals surface area contributed by atoms with Gasteiger partial charge in [0.15, 0.2) is 0 Å². The van der Waals surface area contributed by atoms with E-state index >= 15 is 0 Å². The summed E-state index contributed by atoms with van der Waals surface area (Å²) in [6.45, 7) is 0.808. The first-order chi connectivity index (χ1) is 11.7. The highest BCUT2D eigenvalue weighted by Crippen LogP contribution is 2.27. The topological polar surface area (TPSA) is 63.2 Å². The van der Waals surface area contributed by atoms with Gasteiger partial charge in [0, 0.05) is 12.5 Å². The molecule has 2 N–H and O–H groups in total. The number of pyridine rings is 1. The van der Waals surface area contributed by atoms with Gasteiger partial charge >= 0.3 is 0 Å². The molecule has 1 heterocycles. The summed E-state index contributed by atoms with van der Waals surface area (Å²) in [5, 5.41) is 6.21. The van der Waals surface area contributed by atoms with Gasteiger partial charge in [0.2, 0.25) is 5.91 Å². The van der Waals surface area contributed by atoms with Gasteiger partial charge in [0.1, 0.15) is 11.6 Å². The van der Waals surface area contributed by atoms with Crippen LogP contribution in [-0.2, 0) is 11.2 Å². The number of hydrogen-bond acceptors (Lipinski definition) is 4. The zero-order valence-electron chi connectivity index (χ0n) is 13.9. The second kappa shape index (κ2) is 7.81. The van der Waals surface area contributed by atoms with Crippen molar-refractivity contribution >= 4 is 17.4 Å². The van der Waals surface area contributed by atoms with E-state index in [1.807, 2.05) is 30.3 Å². The molecule has 0 atom stereocenters. The van der Waals surface area contributed by atoms with Gasteiger partial charge < -0.3 is 15.4 Å². The number of carbonyl (C=O) groups excluding carboxylic acids is 1. The first-order valence-corrected chi connectivity index (χ1v) is 8.38. The summed E-state index contributed by atoms with van der Waals surface area (Å²) in [5.74, 6) is 1.76. The zero-order valence-corrected chi connectivity index (χ0v) is 13.9. The Morgan fingerprint density at radius 3 is 2.83 bits per heavy atom. The van der Waals surface area contributed by atoms with Gasteiger partial charge in [-0.2, -0.15) is 0 Å². The minimum atomic E-state index is 0.0903. The maximum Gasteiger partial charge on any atom is 0.228 e. The second-order valence-electron chi connectivity index (χ2n) is 6.08. The highest BCUT2D eigenvalue weighted by molar-refractivity contribution is 5.92. The van der Waals surface area contributed by atoms with Crippen molar-refractivity contribution in [3.63, 3.8) is 0 Å². The summed E-state index contributed by atoms with van der Waals surface area (Å²) in [4.78, 5) is 16.2. The second-order valence-corrected chi connectivity index (χ2v) is 6.08. The third kappa shape index (κ3) is 4.25.